The molecule has 0 aliphatic carbocycles. The molecule has 20 heavy (non-hydrogen) atoms. The number of aliphatic carboxylic acids is 1. The van der Waals surface area contributed by atoms with Crippen LogP contribution in [0.1, 0.15) is 26.7 Å². The zero-order valence-corrected chi connectivity index (χ0v) is 12.2. The SMILES string of the molecule is CC(=O)C(S)C(=O)NC(C)C(=O)N1CCCC1C(=O)O. The number of hydrogen-bond acceptors (Lipinski definition) is 5. The highest BCUT2D eigenvalue weighted by atomic mass is 32.1. The number of amides is 2. The summed E-state index contributed by atoms with van der Waals surface area (Å²) in [4.78, 5) is 47.0. The molecule has 112 valence electrons. The van der Waals surface area contributed by atoms with Crippen LogP contribution in [0.3, 0.4) is 0 Å². The molecule has 1 aliphatic heterocycles. The Bertz CT molecular complexity index is 440. The zero-order chi connectivity index (χ0) is 15.4. The van der Waals surface area contributed by atoms with Crippen molar-refractivity contribution in [3.8, 4) is 0 Å². The molecule has 1 aliphatic rings. The van der Waals surface area contributed by atoms with Gasteiger partial charge in [-0.3, -0.25) is 14.4 Å². The summed E-state index contributed by atoms with van der Waals surface area (Å²) in [5, 5.41) is 10.3. The van der Waals surface area contributed by atoms with Gasteiger partial charge in [0.25, 0.3) is 0 Å². The zero-order valence-electron chi connectivity index (χ0n) is 11.3. The van der Waals surface area contributed by atoms with Gasteiger partial charge in [0.2, 0.25) is 11.8 Å². The number of thiol groups is 1. The van der Waals surface area contributed by atoms with Crippen LogP contribution in [0.25, 0.3) is 0 Å². The van der Waals surface area contributed by atoms with Crippen molar-refractivity contribution in [3.05, 3.63) is 0 Å². The van der Waals surface area contributed by atoms with Gasteiger partial charge in [0, 0.05) is 6.54 Å². The molecule has 0 saturated carbocycles. The van der Waals surface area contributed by atoms with Crippen LogP contribution < -0.4 is 5.32 Å². The molecule has 1 heterocycles. The van der Waals surface area contributed by atoms with E-state index in [1.54, 1.807) is 0 Å². The normalized spacial score (nSPS) is 21.1. The monoisotopic (exact) mass is 302 g/mol. The lowest BCUT2D eigenvalue weighted by Gasteiger charge is -2.25. The molecule has 3 unspecified atom stereocenters. The average molecular weight is 302 g/mol. The summed E-state index contributed by atoms with van der Waals surface area (Å²) in [5.41, 5.74) is 0. The number of Topliss-reactive ketones (excluding diaryl/α,β-unsaturated/α-hetero) is 1. The van der Waals surface area contributed by atoms with Crippen molar-refractivity contribution >= 4 is 36.2 Å². The summed E-state index contributed by atoms with van der Waals surface area (Å²) in [5.74, 6) is -2.60. The van der Waals surface area contributed by atoms with Crippen LogP contribution in [-0.2, 0) is 19.2 Å². The first kappa shape index (κ1) is 16.5. The van der Waals surface area contributed by atoms with Crippen LogP contribution in [-0.4, -0.2) is 57.5 Å². The molecule has 2 amide bonds. The van der Waals surface area contributed by atoms with Gasteiger partial charge in [-0.25, -0.2) is 4.79 Å². The Labute approximate surface area is 122 Å². The molecule has 1 fully saturated rings. The number of rotatable bonds is 5. The van der Waals surface area contributed by atoms with Crippen LogP contribution in [0.4, 0.5) is 0 Å². The largest absolute Gasteiger partial charge is 0.480 e. The number of carboxylic acids is 1. The molecule has 0 bridgehead atoms. The minimum absolute atomic E-state index is 0.354. The van der Waals surface area contributed by atoms with Gasteiger partial charge in [0.1, 0.15) is 17.3 Å². The van der Waals surface area contributed by atoms with Crippen molar-refractivity contribution in [2.45, 2.75) is 44.0 Å². The number of carbonyl (C=O) groups is 4. The highest BCUT2D eigenvalue weighted by Crippen LogP contribution is 2.18. The first-order valence-corrected chi connectivity index (χ1v) is 6.79. The van der Waals surface area contributed by atoms with E-state index in [2.05, 4.69) is 17.9 Å². The third-order valence-electron chi connectivity index (χ3n) is 3.18. The van der Waals surface area contributed by atoms with E-state index in [0.29, 0.717) is 19.4 Å². The lowest BCUT2D eigenvalue weighted by atomic mass is 10.2. The van der Waals surface area contributed by atoms with Gasteiger partial charge in [-0.05, 0) is 26.7 Å². The Hall–Kier alpha value is -1.57. The van der Waals surface area contributed by atoms with E-state index < -0.39 is 40.9 Å². The van der Waals surface area contributed by atoms with Gasteiger partial charge in [0.15, 0.2) is 5.78 Å². The molecular formula is C12H18N2O5S. The topological polar surface area (TPSA) is 104 Å². The Balaban J connectivity index is 2.65. The molecule has 0 radical (unpaired) electrons. The molecule has 2 N–H and O–H groups in total. The lowest BCUT2D eigenvalue weighted by Crippen LogP contribution is -2.52. The first-order chi connectivity index (χ1) is 9.25. The third kappa shape index (κ3) is 3.72. The Morgan fingerprint density at radius 3 is 2.45 bits per heavy atom. The van der Waals surface area contributed by atoms with Gasteiger partial charge in [-0.1, -0.05) is 0 Å². The Morgan fingerprint density at radius 2 is 1.95 bits per heavy atom. The molecule has 0 aromatic carbocycles. The second-order valence-corrected chi connectivity index (χ2v) is 5.29. The summed E-state index contributed by atoms with van der Waals surface area (Å²) in [6.45, 7) is 3.04. The third-order valence-corrected chi connectivity index (χ3v) is 3.78. The molecule has 1 rings (SSSR count). The fourth-order valence-corrected chi connectivity index (χ4v) is 2.15. The predicted octanol–water partition coefficient (Wildman–Crippen LogP) is -0.546. The van der Waals surface area contributed by atoms with E-state index in [-0.39, 0.29) is 0 Å². The molecule has 8 heteroatoms. The van der Waals surface area contributed by atoms with Crippen molar-refractivity contribution in [2.24, 2.45) is 0 Å². The number of nitrogens with zero attached hydrogens (tertiary/aromatic N) is 1. The summed E-state index contributed by atoms with van der Waals surface area (Å²) < 4.78 is 0. The van der Waals surface area contributed by atoms with E-state index in [9.17, 15) is 19.2 Å². The average Bonchev–Trinajstić information content (AvgIpc) is 2.85. The standard InChI is InChI=1S/C12H18N2O5S/c1-6(13-10(16)9(20)7(2)15)11(17)14-5-3-4-8(14)12(18)19/h6,8-9,20H,3-5H2,1-2H3,(H,13,16)(H,18,19). The van der Waals surface area contributed by atoms with Crippen molar-refractivity contribution in [2.75, 3.05) is 6.54 Å². The molecule has 0 aromatic rings. The minimum Gasteiger partial charge on any atom is -0.480 e. The maximum Gasteiger partial charge on any atom is 0.326 e. The van der Waals surface area contributed by atoms with Gasteiger partial charge >= 0.3 is 5.97 Å². The summed E-state index contributed by atoms with van der Waals surface area (Å²) in [6, 6.07) is -1.74. The Morgan fingerprint density at radius 1 is 1.35 bits per heavy atom. The van der Waals surface area contributed by atoms with Gasteiger partial charge in [-0.15, -0.1) is 0 Å². The van der Waals surface area contributed by atoms with Crippen LogP contribution in [0, 0.1) is 0 Å². The number of carboxylic acid groups (broad SMARTS) is 1. The van der Waals surface area contributed by atoms with Crippen LogP contribution in [0.15, 0.2) is 0 Å². The quantitative estimate of drug-likeness (QED) is 0.467. The number of hydrogen-bond donors (Lipinski definition) is 3. The van der Waals surface area contributed by atoms with E-state index in [1.165, 1.54) is 18.7 Å². The maximum atomic E-state index is 12.1. The number of likely N-dealkylation sites (tertiary alicyclic amines) is 1. The highest BCUT2D eigenvalue weighted by molar-refractivity contribution is 7.82. The summed E-state index contributed by atoms with van der Waals surface area (Å²) >= 11 is 3.84. The predicted molar refractivity (Wildman–Crippen MR) is 73.4 cm³/mol. The van der Waals surface area contributed by atoms with Crippen LogP contribution in [0.5, 0.6) is 0 Å². The second-order valence-electron chi connectivity index (χ2n) is 4.77. The van der Waals surface area contributed by atoms with Gasteiger partial charge in [-0.2, -0.15) is 12.6 Å². The van der Waals surface area contributed by atoms with E-state index in [0.717, 1.165) is 0 Å². The maximum absolute atomic E-state index is 12.1. The van der Waals surface area contributed by atoms with Gasteiger partial charge in [0.05, 0.1) is 0 Å². The van der Waals surface area contributed by atoms with Crippen LogP contribution in [0.2, 0.25) is 0 Å². The molecule has 1 saturated heterocycles. The second kappa shape index (κ2) is 6.74. The number of carbonyl (C=O) groups excluding carboxylic acids is 3. The van der Waals surface area contributed by atoms with E-state index in [1.807, 2.05) is 0 Å². The fourth-order valence-electron chi connectivity index (χ4n) is 2.07. The lowest BCUT2D eigenvalue weighted by molar-refractivity contribution is -0.149. The molecule has 7 nitrogen and oxygen atoms in total. The summed E-state index contributed by atoms with van der Waals surface area (Å²) in [7, 11) is 0. The van der Waals surface area contributed by atoms with E-state index in [4.69, 9.17) is 5.11 Å². The summed E-state index contributed by atoms with van der Waals surface area (Å²) in [6.07, 6.45) is 1.02. The fraction of sp³-hybridized carbons (Fsp3) is 0.667. The van der Waals surface area contributed by atoms with Crippen molar-refractivity contribution in [1.82, 2.24) is 10.2 Å². The number of ketones is 1. The van der Waals surface area contributed by atoms with Crippen molar-refractivity contribution in [3.63, 3.8) is 0 Å². The minimum atomic E-state index is -1.13. The van der Waals surface area contributed by atoms with Gasteiger partial charge < -0.3 is 15.3 Å². The first-order valence-electron chi connectivity index (χ1n) is 6.28. The molecule has 0 aromatic heterocycles. The van der Waals surface area contributed by atoms with Crippen molar-refractivity contribution in [1.29, 1.82) is 0 Å². The number of nitrogens with one attached hydrogen (secondary N) is 1. The molecule has 0 spiro atoms. The Kier molecular flexibility index (Phi) is 5.55. The van der Waals surface area contributed by atoms with Crippen LogP contribution >= 0.6 is 12.6 Å². The highest BCUT2D eigenvalue weighted by Gasteiger charge is 2.36. The molecule has 3 atom stereocenters. The van der Waals surface area contributed by atoms with Crippen molar-refractivity contribution < 1.29 is 24.3 Å². The van der Waals surface area contributed by atoms with E-state index >= 15 is 0 Å². The smallest absolute Gasteiger partial charge is 0.326 e. The molecular weight excluding hydrogens is 284 g/mol.